The van der Waals surface area contributed by atoms with Crippen LogP contribution in [0.15, 0.2) is 23.1 Å². The summed E-state index contributed by atoms with van der Waals surface area (Å²) >= 11 is 5.90. The van der Waals surface area contributed by atoms with Crippen LogP contribution in [0.25, 0.3) is 0 Å². The van der Waals surface area contributed by atoms with E-state index in [-0.39, 0.29) is 28.6 Å². The van der Waals surface area contributed by atoms with Gasteiger partial charge < -0.3 is 10.0 Å². The molecule has 0 bridgehead atoms. The van der Waals surface area contributed by atoms with Gasteiger partial charge in [-0.05, 0) is 18.2 Å². The van der Waals surface area contributed by atoms with Crippen molar-refractivity contribution in [1.29, 1.82) is 0 Å². The van der Waals surface area contributed by atoms with Crippen molar-refractivity contribution in [1.82, 2.24) is 9.21 Å². The molecule has 0 unspecified atom stereocenters. The third-order valence-corrected chi connectivity index (χ3v) is 5.60. The quantitative estimate of drug-likeness (QED) is 0.810. The van der Waals surface area contributed by atoms with Gasteiger partial charge in [0.05, 0.1) is 10.6 Å². The molecule has 0 saturated carbocycles. The van der Waals surface area contributed by atoms with Gasteiger partial charge in [0, 0.05) is 26.2 Å². The molecule has 1 aromatic carbocycles. The van der Waals surface area contributed by atoms with Crippen LogP contribution in [-0.2, 0) is 14.8 Å². The SMILES string of the molecule is O=CN1CCN(S(=O)(=O)c2cc(C(=O)O)ccc2Cl)CC1. The third-order valence-electron chi connectivity index (χ3n) is 3.22. The molecule has 9 heteroatoms. The molecule has 2 rings (SSSR count). The molecule has 21 heavy (non-hydrogen) atoms. The van der Waals surface area contributed by atoms with Crippen LogP contribution in [0.2, 0.25) is 5.02 Å². The Morgan fingerprint density at radius 3 is 2.38 bits per heavy atom. The summed E-state index contributed by atoms with van der Waals surface area (Å²) in [5.41, 5.74) is -0.149. The molecule has 1 aromatic rings. The summed E-state index contributed by atoms with van der Waals surface area (Å²) in [6, 6.07) is 3.54. The van der Waals surface area contributed by atoms with Gasteiger partial charge in [-0.15, -0.1) is 0 Å². The highest BCUT2D eigenvalue weighted by atomic mass is 35.5. The molecular weight excluding hydrogens is 320 g/mol. The van der Waals surface area contributed by atoms with Crippen LogP contribution in [0.4, 0.5) is 0 Å². The van der Waals surface area contributed by atoms with Gasteiger partial charge in [0.1, 0.15) is 4.90 Å². The normalized spacial score (nSPS) is 16.7. The number of piperazine rings is 1. The number of nitrogens with zero attached hydrogens (tertiary/aromatic N) is 2. The van der Waals surface area contributed by atoms with Crippen LogP contribution in [0, 0.1) is 0 Å². The second-order valence-corrected chi connectivity index (χ2v) is 6.81. The Hall–Kier alpha value is -1.64. The fourth-order valence-electron chi connectivity index (χ4n) is 2.02. The monoisotopic (exact) mass is 332 g/mol. The Morgan fingerprint density at radius 2 is 1.86 bits per heavy atom. The minimum absolute atomic E-state index is 0.0298. The molecule has 0 aromatic heterocycles. The number of benzene rings is 1. The van der Waals surface area contributed by atoms with E-state index in [1.54, 1.807) is 0 Å². The van der Waals surface area contributed by atoms with Crippen LogP contribution < -0.4 is 0 Å². The Bertz CT molecular complexity index is 668. The highest BCUT2D eigenvalue weighted by Crippen LogP contribution is 2.26. The van der Waals surface area contributed by atoms with E-state index in [1.807, 2.05) is 0 Å². The predicted molar refractivity (Wildman–Crippen MR) is 74.8 cm³/mol. The zero-order chi connectivity index (χ0) is 15.6. The number of carboxylic acids is 1. The van der Waals surface area contributed by atoms with Crippen molar-refractivity contribution in [2.24, 2.45) is 0 Å². The van der Waals surface area contributed by atoms with E-state index in [1.165, 1.54) is 21.3 Å². The first-order chi connectivity index (χ1) is 9.86. The highest BCUT2D eigenvalue weighted by Gasteiger charge is 2.30. The lowest BCUT2D eigenvalue weighted by atomic mass is 10.2. The van der Waals surface area contributed by atoms with Crippen LogP contribution in [0.3, 0.4) is 0 Å². The second kappa shape index (κ2) is 6.00. The molecule has 0 radical (unpaired) electrons. The number of carboxylic acid groups (broad SMARTS) is 1. The van der Waals surface area contributed by atoms with Gasteiger partial charge in [-0.3, -0.25) is 4.79 Å². The Labute approximate surface area is 126 Å². The van der Waals surface area contributed by atoms with Gasteiger partial charge in [-0.1, -0.05) is 11.6 Å². The summed E-state index contributed by atoms with van der Waals surface area (Å²) < 4.78 is 26.2. The van der Waals surface area contributed by atoms with Crippen molar-refractivity contribution in [3.63, 3.8) is 0 Å². The summed E-state index contributed by atoms with van der Waals surface area (Å²) in [7, 11) is -3.88. The molecule has 0 aliphatic carbocycles. The van der Waals surface area contributed by atoms with E-state index >= 15 is 0 Å². The third kappa shape index (κ3) is 3.17. The molecule has 1 aliphatic rings. The minimum Gasteiger partial charge on any atom is -0.478 e. The maximum Gasteiger partial charge on any atom is 0.335 e. The van der Waals surface area contributed by atoms with Crippen LogP contribution in [0.1, 0.15) is 10.4 Å². The van der Waals surface area contributed by atoms with E-state index in [9.17, 15) is 18.0 Å². The number of sulfonamides is 1. The molecule has 1 amide bonds. The van der Waals surface area contributed by atoms with Crippen molar-refractivity contribution in [3.05, 3.63) is 28.8 Å². The maximum absolute atomic E-state index is 12.5. The topological polar surface area (TPSA) is 95.0 Å². The number of hydrogen-bond donors (Lipinski definition) is 1. The summed E-state index contributed by atoms with van der Waals surface area (Å²) in [6.07, 6.45) is 0.669. The Balaban J connectivity index is 2.34. The zero-order valence-electron chi connectivity index (χ0n) is 10.9. The van der Waals surface area contributed by atoms with Gasteiger partial charge in [0.15, 0.2) is 0 Å². The van der Waals surface area contributed by atoms with Crippen molar-refractivity contribution in [2.45, 2.75) is 4.90 Å². The molecule has 0 atom stereocenters. The van der Waals surface area contributed by atoms with Gasteiger partial charge in [-0.2, -0.15) is 4.31 Å². The first kappa shape index (κ1) is 15.7. The van der Waals surface area contributed by atoms with Gasteiger partial charge in [0.25, 0.3) is 0 Å². The van der Waals surface area contributed by atoms with Crippen molar-refractivity contribution in [3.8, 4) is 0 Å². The fraction of sp³-hybridized carbons (Fsp3) is 0.333. The van der Waals surface area contributed by atoms with Crippen LogP contribution in [-0.4, -0.2) is 61.3 Å². The smallest absolute Gasteiger partial charge is 0.335 e. The van der Waals surface area contributed by atoms with Gasteiger partial charge in [-0.25, -0.2) is 13.2 Å². The standard InChI is InChI=1S/C12H13ClN2O5S/c13-10-2-1-9(12(17)18)7-11(10)21(19,20)15-5-3-14(8-16)4-6-15/h1-2,7-8H,3-6H2,(H,17,18). The molecule has 1 fully saturated rings. The highest BCUT2D eigenvalue weighted by molar-refractivity contribution is 7.89. The average Bonchev–Trinajstić information content (AvgIpc) is 2.47. The lowest BCUT2D eigenvalue weighted by molar-refractivity contribution is -0.119. The number of carbonyl (C=O) groups is 2. The van der Waals surface area contributed by atoms with Gasteiger partial charge >= 0.3 is 5.97 Å². The first-order valence-electron chi connectivity index (χ1n) is 6.08. The van der Waals surface area contributed by atoms with E-state index in [4.69, 9.17) is 16.7 Å². The maximum atomic E-state index is 12.5. The second-order valence-electron chi connectivity index (χ2n) is 4.50. The minimum atomic E-state index is -3.88. The Morgan fingerprint density at radius 1 is 1.24 bits per heavy atom. The molecule has 1 N–H and O–H groups in total. The van der Waals surface area contributed by atoms with Crippen molar-refractivity contribution >= 4 is 34.0 Å². The van der Waals surface area contributed by atoms with E-state index < -0.39 is 16.0 Å². The molecule has 1 heterocycles. The van der Waals surface area contributed by atoms with Crippen LogP contribution in [0.5, 0.6) is 0 Å². The van der Waals surface area contributed by atoms with E-state index in [0.29, 0.717) is 19.5 Å². The average molecular weight is 333 g/mol. The molecule has 7 nitrogen and oxygen atoms in total. The largest absolute Gasteiger partial charge is 0.478 e. The fourth-order valence-corrected chi connectivity index (χ4v) is 3.95. The number of aromatic carboxylic acids is 1. The summed E-state index contributed by atoms with van der Waals surface area (Å²) in [5, 5.41) is 8.92. The molecule has 114 valence electrons. The number of hydrogen-bond acceptors (Lipinski definition) is 4. The van der Waals surface area contributed by atoms with Crippen molar-refractivity contribution in [2.75, 3.05) is 26.2 Å². The Kier molecular flexibility index (Phi) is 4.50. The van der Waals surface area contributed by atoms with Crippen molar-refractivity contribution < 1.29 is 23.1 Å². The number of halogens is 1. The number of rotatable bonds is 4. The molecular formula is C12H13ClN2O5S. The first-order valence-corrected chi connectivity index (χ1v) is 7.90. The summed E-state index contributed by atoms with van der Waals surface area (Å²) in [6.45, 7) is 0.876. The van der Waals surface area contributed by atoms with E-state index in [2.05, 4.69) is 0 Å². The lowest BCUT2D eigenvalue weighted by Crippen LogP contribution is -2.48. The van der Waals surface area contributed by atoms with E-state index in [0.717, 1.165) is 6.07 Å². The summed E-state index contributed by atoms with van der Waals surface area (Å²) in [5.74, 6) is -1.23. The number of carbonyl (C=O) groups excluding carboxylic acids is 1. The van der Waals surface area contributed by atoms with Gasteiger partial charge in [0.2, 0.25) is 16.4 Å². The molecule has 0 spiro atoms. The molecule has 1 saturated heterocycles. The summed E-state index contributed by atoms with van der Waals surface area (Å²) in [4.78, 5) is 22.8. The zero-order valence-corrected chi connectivity index (χ0v) is 12.5. The van der Waals surface area contributed by atoms with Crippen LogP contribution >= 0.6 is 11.6 Å². The lowest BCUT2D eigenvalue weighted by Gasteiger charge is -2.31. The number of amides is 1. The molecule has 1 aliphatic heterocycles. The predicted octanol–water partition coefficient (Wildman–Crippen LogP) is 0.501.